The molecule has 0 saturated heterocycles. The third-order valence-electron chi connectivity index (χ3n) is 4.91. The Balaban J connectivity index is 1.56. The lowest BCUT2D eigenvalue weighted by molar-refractivity contribution is -0.118. The van der Waals surface area contributed by atoms with E-state index in [2.05, 4.69) is 9.97 Å². The third kappa shape index (κ3) is 4.95. The second kappa shape index (κ2) is 9.46. The molecule has 9 heteroatoms. The van der Waals surface area contributed by atoms with Gasteiger partial charge in [0.05, 0.1) is 34.5 Å². The fourth-order valence-electron chi connectivity index (χ4n) is 3.17. The first-order valence-corrected chi connectivity index (χ1v) is 12.3. The number of hydrogen-bond acceptors (Lipinski definition) is 7. The lowest BCUT2D eigenvalue weighted by atomic mass is 10.2. The minimum Gasteiger partial charge on any atom is -0.497 e. The molecule has 7 nitrogen and oxygen atoms in total. The molecule has 1 amide bonds. The van der Waals surface area contributed by atoms with Gasteiger partial charge < -0.3 is 4.74 Å². The standard InChI is InChI=1S/C23H21N3O4S2/c1-30-18-6-8-19(9-7-18)32(28,29)15-12-22(27)26(16-17-10-13-24-14-11-17)23-25-20-4-2-3-5-21(20)31-23/h2-11,13-14H,12,15-16H2,1H3. The molecule has 0 N–H and O–H groups in total. The average molecular weight is 468 g/mol. The van der Waals surface area contributed by atoms with E-state index in [9.17, 15) is 13.2 Å². The Labute approximate surface area is 190 Å². The summed E-state index contributed by atoms with van der Waals surface area (Å²) in [5.74, 6) is -0.0343. The summed E-state index contributed by atoms with van der Waals surface area (Å²) >= 11 is 1.40. The van der Waals surface area contributed by atoms with Crippen molar-refractivity contribution in [1.82, 2.24) is 9.97 Å². The molecule has 164 valence electrons. The first-order chi connectivity index (χ1) is 15.5. The van der Waals surface area contributed by atoms with E-state index in [4.69, 9.17) is 4.74 Å². The Morgan fingerprint density at radius 2 is 1.75 bits per heavy atom. The van der Waals surface area contributed by atoms with E-state index < -0.39 is 9.84 Å². The minimum absolute atomic E-state index is 0.157. The van der Waals surface area contributed by atoms with Gasteiger partial charge in [0.2, 0.25) is 5.91 Å². The highest BCUT2D eigenvalue weighted by atomic mass is 32.2. The molecule has 0 atom stereocenters. The van der Waals surface area contributed by atoms with Crippen molar-refractivity contribution in [3.63, 3.8) is 0 Å². The van der Waals surface area contributed by atoms with Gasteiger partial charge in [-0.3, -0.25) is 14.7 Å². The Bertz CT molecular complexity index is 1290. The van der Waals surface area contributed by atoms with Gasteiger partial charge >= 0.3 is 0 Å². The molecule has 4 rings (SSSR count). The maximum atomic E-state index is 13.2. The zero-order valence-electron chi connectivity index (χ0n) is 17.3. The summed E-state index contributed by atoms with van der Waals surface area (Å²) in [4.78, 5) is 23.5. The highest BCUT2D eigenvalue weighted by molar-refractivity contribution is 7.91. The van der Waals surface area contributed by atoms with E-state index in [1.54, 1.807) is 29.4 Å². The summed E-state index contributed by atoms with van der Waals surface area (Å²) in [5.41, 5.74) is 1.68. The normalized spacial score (nSPS) is 11.4. The van der Waals surface area contributed by atoms with Crippen molar-refractivity contribution in [3.8, 4) is 5.75 Å². The van der Waals surface area contributed by atoms with Crippen LogP contribution >= 0.6 is 11.3 Å². The van der Waals surface area contributed by atoms with Crippen molar-refractivity contribution < 1.29 is 17.9 Å². The summed E-state index contributed by atoms with van der Waals surface area (Å²) in [7, 11) is -2.11. The maximum absolute atomic E-state index is 13.2. The van der Waals surface area contributed by atoms with Gasteiger partial charge in [0, 0.05) is 18.8 Å². The molecule has 4 aromatic rings. The van der Waals surface area contributed by atoms with E-state index in [-0.39, 0.29) is 29.5 Å². The fourth-order valence-corrected chi connectivity index (χ4v) is 5.38. The van der Waals surface area contributed by atoms with Crippen molar-refractivity contribution in [2.45, 2.75) is 17.9 Å². The van der Waals surface area contributed by atoms with Crippen LogP contribution in [0, 0.1) is 0 Å². The number of para-hydroxylation sites is 1. The van der Waals surface area contributed by atoms with Crippen molar-refractivity contribution in [3.05, 3.63) is 78.6 Å². The topological polar surface area (TPSA) is 89.5 Å². The first kappa shape index (κ1) is 21.9. The number of amides is 1. The Hall–Kier alpha value is -3.30. The molecule has 0 aliphatic heterocycles. The van der Waals surface area contributed by atoms with Crippen molar-refractivity contribution in [1.29, 1.82) is 0 Å². The minimum atomic E-state index is -3.62. The number of pyridine rings is 1. The fraction of sp³-hybridized carbons (Fsp3) is 0.174. The Morgan fingerprint density at radius 1 is 1.03 bits per heavy atom. The number of ether oxygens (including phenoxy) is 1. The number of thiazole rings is 1. The lowest BCUT2D eigenvalue weighted by Crippen LogP contribution is -2.31. The van der Waals surface area contributed by atoms with Crippen LogP contribution in [-0.2, 0) is 21.2 Å². The summed E-state index contributed by atoms with van der Waals surface area (Å²) < 4.78 is 31.6. The van der Waals surface area contributed by atoms with Crippen LogP contribution in [0.1, 0.15) is 12.0 Å². The molecular formula is C23H21N3O4S2. The Morgan fingerprint density at radius 3 is 2.44 bits per heavy atom. The van der Waals surface area contributed by atoms with Gasteiger partial charge in [-0.15, -0.1) is 0 Å². The van der Waals surface area contributed by atoms with Gasteiger partial charge in [0.15, 0.2) is 15.0 Å². The molecule has 2 aromatic heterocycles. The molecule has 32 heavy (non-hydrogen) atoms. The number of aromatic nitrogens is 2. The molecule has 0 aliphatic rings. The monoisotopic (exact) mass is 467 g/mol. The van der Waals surface area contributed by atoms with Crippen LogP contribution < -0.4 is 9.64 Å². The van der Waals surface area contributed by atoms with Crippen LogP contribution in [0.5, 0.6) is 5.75 Å². The molecule has 2 heterocycles. The number of sulfone groups is 1. The van der Waals surface area contributed by atoms with Gasteiger partial charge in [0.1, 0.15) is 5.75 Å². The summed E-state index contributed by atoms with van der Waals surface area (Å²) in [6, 6.07) is 17.4. The second-order valence-corrected chi connectivity index (χ2v) is 10.2. The number of nitrogens with zero attached hydrogens (tertiary/aromatic N) is 3. The van der Waals surface area contributed by atoms with Crippen LogP contribution in [0.25, 0.3) is 10.2 Å². The quantitative estimate of drug-likeness (QED) is 0.388. The molecule has 0 radical (unpaired) electrons. The molecule has 0 unspecified atom stereocenters. The van der Waals surface area contributed by atoms with Crippen molar-refractivity contribution >= 4 is 42.4 Å². The van der Waals surface area contributed by atoms with Gasteiger partial charge in [0.25, 0.3) is 0 Å². The number of fused-ring (bicyclic) bond motifs is 1. The highest BCUT2D eigenvalue weighted by Gasteiger charge is 2.23. The predicted octanol–water partition coefficient (Wildman–Crippen LogP) is 4.10. The lowest BCUT2D eigenvalue weighted by Gasteiger charge is -2.20. The summed E-state index contributed by atoms with van der Waals surface area (Å²) in [6.07, 6.45) is 3.16. The van der Waals surface area contributed by atoms with Crippen LogP contribution in [0.15, 0.2) is 78.0 Å². The number of methoxy groups -OCH3 is 1. The number of carbonyl (C=O) groups excluding carboxylic acids is 1. The van der Waals surface area contributed by atoms with Crippen LogP contribution in [-0.4, -0.2) is 37.2 Å². The number of benzene rings is 2. The Kier molecular flexibility index (Phi) is 6.48. The van der Waals surface area contributed by atoms with Crippen molar-refractivity contribution in [2.75, 3.05) is 17.8 Å². The van der Waals surface area contributed by atoms with Crippen LogP contribution in [0.3, 0.4) is 0 Å². The van der Waals surface area contributed by atoms with E-state index in [0.29, 0.717) is 10.9 Å². The molecule has 2 aromatic carbocycles. The van der Waals surface area contributed by atoms with Gasteiger partial charge in [-0.2, -0.15) is 0 Å². The predicted molar refractivity (Wildman–Crippen MR) is 125 cm³/mol. The zero-order valence-corrected chi connectivity index (χ0v) is 19.0. The molecule has 0 aliphatic carbocycles. The second-order valence-electron chi connectivity index (χ2n) is 7.04. The number of rotatable bonds is 8. The van der Waals surface area contributed by atoms with E-state index in [0.717, 1.165) is 15.8 Å². The van der Waals surface area contributed by atoms with Crippen molar-refractivity contribution in [2.24, 2.45) is 0 Å². The average Bonchev–Trinajstić information content (AvgIpc) is 3.26. The molecule has 0 fully saturated rings. The third-order valence-corrected chi connectivity index (χ3v) is 7.70. The molecule has 0 bridgehead atoms. The number of carbonyl (C=O) groups is 1. The largest absolute Gasteiger partial charge is 0.497 e. The number of anilines is 1. The smallest absolute Gasteiger partial charge is 0.230 e. The van der Waals surface area contributed by atoms with Gasteiger partial charge in [-0.05, 0) is 54.1 Å². The maximum Gasteiger partial charge on any atom is 0.230 e. The molecule has 0 spiro atoms. The van der Waals surface area contributed by atoms with Crippen LogP contribution in [0.2, 0.25) is 0 Å². The summed E-state index contributed by atoms with van der Waals surface area (Å²) in [6.45, 7) is 0.282. The molecule has 0 saturated carbocycles. The van der Waals surface area contributed by atoms with E-state index in [1.165, 1.54) is 30.6 Å². The van der Waals surface area contributed by atoms with E-state index >= 15 is 0 Å². The van der Waals surface area contributed by atoms with Gasteiger partial charge in [-0.1, -0.05) is 23.5 Å². The highest BCUT2D eigenvalue weighted by Crippen LogP contribution is 2.30. The van der Waals surface area contributed by atoms with Gasteiger partial charge in [-0.25, -0.2) is 13.4 Å². The molecular weight excluding hydrogens is 446 g/mol. The first-order valence-electron chi connectivity index (χ1n) is 9.88. The van der Waals surface area contributed by atoms with Crippen LogP contribution in [0.4, 0.5) is 5.13 Å². The SMILES string of the molecule is COc1ccc(S(=O)(=O)CCC(=O)N(Cc2ccncc2)c2nc3ccccc3s2)cc1. The summed E-state index contributed by atoms with van der Waals surface area (Å²) in [5, 5.41) is 0.537. The zero-order chi connectivity index (χ0) is 22.6. The number of hydrogen-bond donors (Lipinski definition) is 0. The van der Waals surface area contributed by atoms with E-state index in [1.807, 2.05) is 36.4 Å².